The Hall–Kier alpha value is -4.36. The molecule has 5 aromatic rings. The molecule has 1 amide bonds. The second kappa shape index (κ2) is 10.6. The molecule has 13 heteroatoms. The Bertz CT molecular complexity index is 1540. The first-order valence-electron chi connectivity index (χ1n) is 11.8. The Labute approximate surface area is 221 Å². The van der Waals surface area contributed by atoms with E-state index < -0.39 is 6.04 Å². The first-order valence-corrected chi connectivity index (χ1v) is 12.1. The number of aromatic nitrogens is 6. The number of carbonyl (C=O) groups excluding carboxylic acids is 1. The quantitative estimate of drug-likeness (QED) is 0.338. The summed E-state index contributed by atoms with van der Waals surface area (Å²) in [6, 6.07) is 19.9. The molecular weight excluding hydrogens is 510 g/mol. The van der Waals surface area contributed by atoms with Crippen molar-refractivity contribution in [2.24, 2.45) is 0 Å². The lowest BCUT2D eigenvalue weighted by molar-refractivity contribution is -0.279. The van der Waals surface area contributed by atoms with Crippen molar-refractivity contribution in [2.75, 3.05) is 23.8 Å². The number of benzene rings is 2. The number of nitrogens with zero attached hydrogens (tertiary/aromatic N) is 8. The van der Waals surface area contributed by atoms with Crippen LogP contribution in [0.1, 0.15) is 5.56 Å². The zero-order chi connectivity index (χ0) is 25.9. The molecule has 0 spiro atoms. The minimum Gasteiger partial charge on any atom is -0.323 e. The molecule has 38 heavy (non-hydrogen) atoms. The molecule has 1 aliphatic heterocycles. The fourth-order valence-electron chi connectivity index (χ4n) is 4.18. The maximum absolute atomic E-state index is 13.5. The molecule has 4 heterocycles. The zero-order valence-corrected chi connectivity index (χ0v) is 20.7. The molecule has 1 atom stereocenters. The van der Waals surface area contributed by atoms with Crippen molar-refractivity contribution in [3.8, 4) is 5.69 Å². The van der Waals surface area contributed by atoms with Crippen molar-refractivity contribution in [2.45, 2.75) is 12.5 Å². The molecule has 192 valence electrons. The van der Waals surface area contributed by atoms with Crippen molar-refractivity contribution in [1.29, 1.82) is 0 Å². The van der Waals surface area contributed by atoms with E-state index in [4.69, 9.17) is 21.3 Å². The van der Waals surface area contributed by atoms with Crippen molar-refractivity contribution >= 4 is 34.4 Å². The molecule has 12 nitrogen and oxygen atoms in total. The SMILES string of the molecule is O=C(Nc1ccc2ccnn2c1)C(Cc1ccccc1)N1CON(c2cc(Cl)ccc2-n2cnnn2)CO1. The Morgan fingerprint density at radius 3 is 2.71 bits per heavy atom. The van der Waals surface area contributed by atoms with Gasteiger partial charge in [0.2, 0.25) is 5.91 Å². The summed E-state index contributed by atoms with van der Waals surface area (Å²) in [4.78, 5) is 25.6. The molecule has 0 saturated carbocycles. The van der Waals surface area contributed by atoms with Gasteiger partial charge in [-0.3, -0.25) is 14.5 Å². The lowest BCUT2D eigenvalue weighted by atomic mass is 10.1. The highest BCUT2D eigenvalue weighted by Gasteiger charge is 2.32. The number of nitrogens with one attached hydrogen (secondary N) is 1. The summed E-state index contributed by atoms with van der Waals surface area (Å²) in [6.07, 6.45) is 5.36. The predicted octanol–water partition coefficient (Wildman–Crippen LogP) is 3.11. The fraction of sp³-hybridized carbons (Fsp3) is 0.160. The van der Waals surface area contributed by atoms with Crippen LogP contribution in [-0.2, 0) is 20.9 Å². The summed E-state index contributed by atoms with van der Waals surface area (Å²) >= 11 is 6.26. The highest BCUT2D eigenvalue weighted by atomic mass is 35.5. The number of amides is 1. The van der Waals surface area contributed by atoms with Crippen LogP contribution in [0.15, 0.2) is 85.5 Å². The average molecular weight is 532 g/mol. The third-order valence-electron chi connectivity index (χ3n) is 6.07. The zero-order valence-electron chi connectivity index (χ0n) is 20.0. The number of hydroxylamine groups is 3. The molecule has 0 radical (unpaired) electrons. The van der Waals surface area contributed by atoms with E-state index in [9.17, 15) is 4.79 Å². The Balaban J connectivity index is 1.21. The Morgan fingerprint density at radius 1 is 1.03 bits per heavy atom. The van der Waals surface area contributed by atoms with Crippen molar-refractivity contribution in [3.63, 3.8) is 0 Å². The normalized spacial score (nSPS) is 15.0. The van der Waals surface area contributed by atoms with Gasteiger partial charge in [-0.05, 0) is 58.8 Å². The van der Waals surface area contributed by atoms with E-state index >= 15 is 0 Å². The van der Waals surface area contributed by atoms with Gasteiger partial charge < -0.3 is 5.32 Å². The topological polar surface area (TPSA) is 115 Å². The van der Waals surface area contributed by atoms with Crippen LogP contribution < -0.4 is 10.4 Å². The van der Waals surface area contributed by atoms with Gasteiger partial charge in [0, 0.05) is 11.2 Å². The number of tetrazole rings is 1. The maximum atomic E-state index is 13.5. The van der Waals surface area contributed by atoms with Gasteiger partial charge in [-0.2, -0.15) is 9.78 Å². The van der Waals surface area contributed by atoms with E-state index in [-0.39, 0.29) is 19.4 Å². The molecule has 1 N–H and O–H groups in total. The lowest BCUT2D eigenvalue weighted by Crippen LogP contribution is -2.52. The first kappa shape index (κ1) is 24.0. The van der Waals surface area contributed by atoms with Gasteiger partial charge in [0.15, 0.2) is 13.5 Å². The van der Waals surface area contributed by atoms with Crippen LogP contribution in [0.25, 0.3) is 11.2 Å². The molecule has 1 saturated heterocycles. The van der Waals surface area contributed by atoms with E-state index in [1.165, 1.54) is 16.1 Å². The number of carbonyl (C=O) groups is 1. The molecule has 3 aromatic heterocycles. The third-order valence-corrected chi connectivity index (χ3v) is 6.30. The Morgan fingerprint density at radius 2 is 1.92 bits per heavy atom. The van der Waals surface area contributed by atoms with Gasteiger partial charge in [0.05, 0.1) is 28.8 Å². The van der Waals surface area contributed by atoms with Gasteiger partial charge in [-0.1, -0.05) is 41.9 Å². The smallest absolute Gasteiger partial charge is 0.244 e. The minimum atomic E-state index is -0.675. The number of hydrogen-bond acceptors (Lipinski definition) is 9. The number of fused-ring (bicyclic) bond motifs is 1. The van der Waals surface area contributed by atoms with Gasteiger partial charge >= 0.3 is 0 Å². The minimum absolute atomic E-state index is 0.00723. The molecule has 0 aliphatic carbocycles. The van der Waals surface area contributed by atoms with Gasteiger partial charge in [0.25, 0.3) is 0 Å². The van der Waals surface area contributed by atoms with E-state index in [2.05, 4.69) is 25.9 Å². The fourth-order valence-corrected chi connectivity index (χ4v) is 4.35. The van der Waals surface area contributed by atoms with Crippen LogP contribution in [-0.4, -0.2) is 60.3 Å². The van der Waals surface area contributed by atoms with E-state index in [1.54, 1.807) is 40.2 Å². The lowest BCUT2D eigenvalue weighted by Gasteiger charge is -2.38. The number of hydrogen-bond donors (Lipinski definition) is 1. The van der Waals surface area contributed by atoms with Gasteiger partial charge in [-0.25, -0.2) is 9.58 Å². The third kappa shape index (κ3) is 5.06. The summed E-state index contributed by atoms with van der Waals surface area (Å²) in [5, 5.41) is 22.2. The van der Waals surface area contributed by atoms with Crippen LogP contribution in [0.2, 0.25) is 5.02 Å². The largest absolute Gasteiger partial charge is 0.323 e. The van der Waals surface area contributed by atoms with Crippen LogP contribution in [0.3, 0.4) is 0 Å². The van der Waals surface area contributed by atoms with Gasteiger partial charge in [-0.15, -0.1) is 10.2 Å². The highest BCUT2D eigenvalue weighted by Crippen LogP contribution is 2.30. The summed E-state index contributed by atoms with van der Waals surface area (Å²) in [7, 11) is 0. The van der Waals surface area contributed by atoms with Crippen LogP contribution in [0.5, 0.6) is 0 Å². The number of anilines is 2. The van der Waals surface area contributed by atoms with Crippen molar-refractivity contribution < 1.29 is 14.5 Å². The van der Waals surface area contributed by atoms with E-state index in [0.29, 0.717) is 28.5 Å². The number of rotatable bonds is 7. The molecule has 2 aromatic carbocycles. The molecular formula is C25H22ClN9O3. The molecule has 1 unspecified atom stereocenters. The second-order valence-electron chi connectivity index (χ2n) is 8.51. The average Bonchev–Trinajstić information content (AvgIpc) is 3.65. The predicted molar refractivity (Wildman–Crippen MR) is 138 cm³/mol. The van der Waals surface area contributed by atoms with Crippen molar-refractivity contribution in [3.05, 3.63) is 96.0 Å². The summed E-state index contributed by atoms with van der Waals surface area (Å²) in [5.41, 5.74) is 3.80. The van der Waals surface area contributed by atoms with E-state index in [0.717, 1.165) is 11.1 Å². The summed E-state index contributed by atoms with van der Waals surface area (Å²) in [6.45, 7) is -0.00203. The Kier molecular flexibility index (Phi) is 6.67. The first-order chi connectivity index (χ1) is 18.6. The number of halogens is 1. The molecule has 6 rings (SSSR count). The summed E-state index contributed by atoms with van der Waals surface area (Å²) < 4.78 is 3.21. The number of pyridine rings is 1. The van der Waals surface area contributed by atoms with Crippen molar-refractivity contribution in [1.82, 2.24) is 34.9 Å². The van der Waals surface area contributed by atoms with Crippen LogP contribution in [0.4, 0.5) is 11.4 Å². The van der Waals surface area contributed by atoms with Gasteiger partial charge in [0.1, 0.15) is 12.4 Å². The second-order valence-corrected chi connectivity index (χ2v) is 8.95. The van der Waals surface area contributed by atoms with Crippen LogP contribution in [0, 0.1) is 0 Å². The molecule has 1 fully saturated rings. The maximum Gasteiger partial charge on any atom is 0.244 e. The monoisotopic (exact) mass is 531 g/mol. The standard InChI is InChI=1S/C25H22ClN9O3/c26-19-6-9-22(33-15-27-30-31-33)23(13-19)34-16-38-35(17-37-34)24(12-18-4-2-1-3-5-18)25(36)29-20-7-8-21-10-11-28-32(21)14-20/h1-11,13-15,24H,12,16-17H2,(H,29,36). The van der Waals surface area contributed by atoms with E-state index in [1.807, 2.05) is 48.5 Å². The molecule has 1 aliphatic rings. The highest BCUT2D eigenvalue weighted by molar-refractivity contribution is 6.31. The van der Waals surface area contributed by atoms with Crippen LogP contribution >= 0.6 is 11.6 Å². The molecule has 0 bridgehead atoms. The summed E-state index contributed by atoms with van der Waals surface area (Å²) in [5.74, 6) is -0.241.